The van der Waals surface area contributed by atoms with Crippen LogP contribution < -0.4 is 10.9 Å². The number of aromatic nitrogens is 3. The number of aliphatic hydroxyl groups is 1. The summed E-state index contributed by atoms with van der Waals surface area (Å²) in [4.78, 5) is 30.0. The Morgan fingerprint density at radius 3 is 2.79 bits per heavy atom. The van der Waals surface area contributed by atoms with E-state index in [1.807, 2.05) is 31.3 Å². The molecule has 2 aliphatic rings. The van der Waals surface area contributed by atoms with Crippen LogP contribution in [0.4, 0.5) is 0 Å². The molecular formula is C29H38N4O6. The maximum Gasteiger partial charge on any atom is 0.326 e. The highest BCUT2D eigenvalue weighted by Crippen LogP contribution is 2.28. The molecule has 4 heterocycles. The SMILES string of the molecule is Cc1cc(-c2nc3ccc(CN[C@H](C(=O)O[C@H]4CCOC4)[C@@H](C)O)cc3n2C[C@H]2CCCCO2)cn(C)c1=O. The summed E-state index contributed by atoms with van der Waals surface area (Å²) in [5, 5.41) is 13.5. The third-order valence-electron chi connectivity index (χ3n) is 7.53. The number of fused-ring (bicyclic) bond motifs is 1. The lowest BCUT2D eigenvalue weighted by Gasteiger charge is -2.24. The van der Waals surface area contributed by atoms with Gasteiger partial charge < -0.3 is 28.5 Å². The lowest BCUT2D eigenvalue weighted by Crippen LogP contribution is -2.46. The molecule has 2 fully saturated rings. The van der Waals surface area contributed by atoms with E-state index in [1.165, 1.54) is 0 Å². The van der Waals surface area contributed by atoms with Crippen LogP contribution in [0.15, 0.2) is 35.3 Å². The van der Waals surface area contributed by atoms with Crippen LogP contribution in [0.5, 0.6) is 0 Å². The van der Waals surface area contributed by atoms with Crippen molar-refractivity contribution < 1.29 is 24.1 Å². The summed E-state index contributed by atoms with van der Waals surface area (Å²) in [6.07, 6.45) is 4.57. The average Bonchev–Trinajstić information content (AvgIpc) is 3.55. The lowest BCUT2D eigenvalue weighted by atomic mass is 10.1. The van der Waals surface area contributed by atoms with Crippen molar-refractivity contribution in [1.82, 2.24) is 19.4 Å². The van der Waals surface area contributed by atoms with Crippen molar-refractivity contribution >= 4 is 17.0 Å². The molecule has 0 aliphatic carbocycles. The first-order chi connectivity index (χ1) is 18.8. The van der Waals surface area contributed by atoms with Gasteiger partial charge in [0.1, 0.15) is 18.0 Å². The van der Waals surface area contributed by atoms with Crippen molar-refractivity contribution in [3.05, 3.63) is 51.9 Å². The molecule has 2 saturated heterocycles. The zero-order valence-corrected chi connectivity index (χ0v) is 22.9. The molecule has 2 aliphatic heterocycles. The Morgan fingerprint density at radius 2 is 2.10 bits per heavy atom. The van der Waals surface area contributed by atoms with Crippen LogP contribution in [0.25, 0.3) is 22.4 Å². The summed E-state index contributed by atoms with van der Waals surface area (Å²) in [7, 11) is 1.75. The van der Waals surface area contributed by atoms with Crippen molar-refractivity contribution in [1.29, 1.82) is 0 Å². The number of aryl methyl sites for hydroxylation is 2. The van der Waals surface area contributed by atoms with Crippen molar-refractivity contribution in [3.8, 4) is 11.4 Å². The van der Waals surface area contributed by atoms with Crippen LogP contribution >= 0.6 is 0 Å². The first kappa shape index (κ1) is 27.5. The topological polar surface area (TPSA) is 117 Å². The van der Waals surface area contributed by atoms with Crippen molar-refractivity contribution in [3.63, 3.8) is 0 Å². The Labute approximate surface area is 227 Å². The Bertz CT molecular complexity index is 1340. The molecule has 39 heavy (non-hydrogen) atoms. The number of pyridine rings is 1. The molecule has 3 aromatic rings. The van der Waals surface area contributed by atoms with Crippen LogP contribution in [0, 0.1) is 6.92 Å². The monoisotopic (exact) mass is 538 g/mol. The Hall–Kier alpha value is -3.05. The standard InChI is InChI=1S/C29H38N4O6/c1-18-12-21(15-32(3)28(18)35)27-31-24-8-7-20(13-25(24)33(27)16-22-6-4-5-10-38-22)14-30-26(19(2)34)29(36)39-23-9-11-37-17-23/h7-8,12-13,15,19,22-23,26,30,34H,4-6,9-11,14,16-17H2,1-3H3/t19-,22-,23+,26+/m1/s1. The summed E-state index contributed by atoms with van der Waals surface area (Å²) in [5.41, 5.74) is 4.23. The van der Waals surface area contributed by atoms with E-state index in [1.54, 1.807) is 18.5 Å². The molecule has 0 amide bonds. The number of hydrogen-bond donors (Lipinski definition) is 2. The normalized spacial score (nSPS) is 21.2. The van der Waals surface area contributed by atoms with Gasteiger partial charge in [0.25, 0.3) is 5.56 Å². The van der Waals surface area contributed by atoms with E-state index in [4.69, 9.17) is 19.2 Å². The van der Waals surface area contributed by atoms with Gasteiger partial charge in [-0.2, -0.15) is 0 Å². The summed E-state index contributed by atoms with van der Waals surface area (Å²) < 4.78 is 20.7. The highest BCUT2D eigenvalue weighted by molar-refractivity contribution is 5.81. The van der Waals surface area contributed by atoms with Crippen LogP contribution in [-0.4, -0.2) is 69.4 Å². The minimum absolute atomic E-state index is 0.0305. The summed E-state index contributed by atoms with van der Waals surface area (Å²) in [5.74, 6) is 0.306. The number of aliphatic hydroxyl groups excluding tert-OH is 1. The second kappa shape index (κ2) is 12.0. The number of esters is 1. The molecule has 10 nitrogen and oxygen atoms in total. The van der Waals surface area contributed by atoms with Crippen LogP contribution in [0.3, 0.4) is 0 Å². The molecule has 5 rings (SSSR count). The quantitative estimate of drug-likeness (QED) is 0.399. The van der Waals surface area contributed by atoms with Gasteiger partial charge in [-0.05, 0) is 56.9 Å². The number of benzene rings is 1. The van der Waals surface area contributed by atoms with Crippen molar-refractivity contribution in [2.75, 3.05) is 19.8 Å². The summed E-state index contributed by atoms with van der Waals surface area (Å²) >= 11 is 0. The molecule has 0 unspecified atom stereocenters. The first-order valence-corrected chi connectivity index (χ1v) is 13.8. The maximum absolute atomic E-state index is 12.7. The Morgan fingerprint density at radius 1 is 1.26 bits per heavy atom. The molecule has 2 aromatic heterocycles. The second-order valence-corrected chi connectivity index (χ2v) is 10.7. The van der Waals surface area contributed by atoms with Gasteiger partial charge in [-0.15, -0.1) is 0 Å². The Balaban J connectivity index is 1.43. The van der Waals surface area contributed by atoms with Gasteiger partial charge in [0.05, 0.1) is 43.0 Å². The van der Waals surface area contributed by atoms with Gasteiger partial charge in [-0.3, -0.25) is 14.9 Å². The van der Waals surface area contributed by atoms with Crippen LogP contribution in [-0.2, 0) is 39.1 Å². The van der Waals surface area contributed by atoms with E-state index in [-0.39, 0.29) is 17.8 Å². The third kappa shape index (κ3) is 6.24. The predicted octanol–water partition coefficient (Wildman–Crippen LogP) is 2.45. The van der Waals surface area contributed by atoms with Crippen molar-refractivity contribution in [2.45, 2.75) is 77.0 Å². The second-order valence-electron chi connectivity index (χ2n) is 10.7. The fourth-order valence-corrected chi connectivity index (χ4v) is 5.36. The van der Waals surface area contributed by atoms with E-state index < -0.39 is 18.1 Å². The molecule has 0 spiro atoms. The molecule has 210 valence electrons. The number of carbonyl (C=O) groups is 1. The van der Waals surface area contributed by atoms with E-state index in [2.05, 4.69) is 16.0 Å². The maximum atomic E-state index is 12.7. The van der Waals surface area contributed by atoms with Gasteiger partial charge >= 0.3 is 5.97 Å². The molecule has 0 bridgehead atoms. The Kier molecular flexibility index (Phi) is 8.46. The summed E-state index contributed by atoms with van der Waals surface area (Å²) in [6.45, 7) is 6.12. The average molecular weight is 539 g/mol. The zero-order valence-electron chi connectivity index (χ0n) is 22.9. The number of rotatable bonds is 9. The molecule has 10 heteroatoms. The van der Waals surface area contributed by atoms with E-state index in [9.17, 15) is 14.7 Å². The molecule has 4 atom stereocenters. The highest BCUT2D eigenvalue weighted by atomic mass is 16.6. The van der Waals surface area contributed by atoms with Gasteiger partial charge in [0.2, 0.25) is 0 Å². The predicted molar refractivity (Wildman–Crippen MR) is 146 cm³/mol. The van der Waals surface area contributed by atoms with Crippen molar-refractivity contribution in [2.24, 2.45) is 7.05 Å². The largest absolute Gasteiger partial charge is 0.459 e. The van der Waals surface area contributed by atoms with Gasteiger partial charge in [0, 0.05) is 43.9 Å². The fourth-order valence-electron chi connectivity index (χ4n) is 5.36. The number of nitrogens with one attached hydrogen (secondary N) is 1. The smallest absolute Gasteiger partial charge is 0.326 e. The van der Waals surface area contributed by atoms with Crippen LogP contribution in [0.2, 0.25) is 0 Å². The summed E-state index contributed by atoms with van der Waals surface area (Å²) in [6, 6.07) is 7.03. The lowest BCUT2D eigenvalue weighted by molar-refractivity contribution is -0.154. The molecular weight excluding hydrogens is 500 g/mol. The van der Waals surface area contributed by atoms with Gasteiger partial charge in [0.15, 0.2) is 0 Å². The minimum atomic E-state index is -0.919. The minimum Gasteiger partial charge on any atom is -0.459 e. The molecule has 2 N–H and O–H groups in total. The molecule has 1 aromatic carbocycles. The van der Waals surface area contributed by atoms with Crippen LogP contribution in [0.1, 0.15) is 43.7 Å². The third-order valence-corrected chi connectivity index (χ3v) is 7.53. The number of carbonyl (C=O) groups excluding carboxylic acids is 1. The van der Waals surface area contributed by atoms with E-state index in [0.717, 1.165) is 53.9 Å². The number of imidazole rings is 1. The highest BCUT2D eigenvalue weighted by Gasteiger charge is 2.29. The van der Waals surface area contributed by atoms with Gasteiger partial charge in [-0.1, -0.05) is 6.07 Å². The van der Waals surface area contributed by atoms with Gasteiger partial charge in [-0.25, -0.2) is 4.98 Å². The molecule has 0 saturated carbocycles. The first-order valence-electron chi connectivity index (χ1n) is 13.8. The number of nitrogens with zero attached hydrogens (tertiary/aromatic N) is 3. The zero-order chi connectivity index (χ0) is 27.5. The van der Waals surface area contributed by atoms with E-state index in [0.29, 0.717) is 38.3 Å². The fraction of sp³-hybridized carbons (Fsp3) is 0.552. The van der Waals surface area contributed by atoms with E-state index >= 15 is 0 Å². The number of ether oxygens (including phenoxy) is 3. The molecule has 0 radical (unpaired) electrons. The number of hydrogen-bond acceptors (Lipinski definition) is 8.